The van der Waals surface area contributed by atoms with Crippen LogP contribution in [0.5, 0.6) is 0 Å². The Hall–Kier alpha value is -0.640. The van der Waals surface area contributed by atoms with Gasteiger partial charge in [-0.25, -0.2) is 4.39 Å². The molecule has 0 aliphatic heterocycles. The van der Waals surface area contributed by atoms with E-state index in [1.165, 1.54) is 0 Å². The number of halogens is 1. The minimum atomic E-state index is -1.47. The summed E-state index contributed by atoms with van der Waals surface area (Å²) in [6.07, 6.45) is 1.48. The van der Waals surface area contributed by atoms with E-state index in [-0.39, 0.29) is 24.7 Å². The van der Waals surface area contributed by atoms with E-state index in [1.54, 1.807) is 6.92 Å². The van der Waals surface area contributed by atoms with Crippen LogP contribution in [-0.4, -0.2) is 30.0 Å². The van der Waals surface area contributed by atoms with Gasteiger partial charge in [0.25, 0.3) is 0 Å². The van der Waals surface area contributed by atoms with Crippen molar-refractivity contribution in [1.29, 1.82) is 0 Å². The second-order valence-corrected chi connectivity index (χ2v) is 3.84. The van der Waals surface area contributed by atoms with E-state index in [0.29, 0.717) is 19.4 Å². The maximum atomic E-state index is 13.5. The van der Waals surface area contributed by atoms with Crippen LogP contribution >= 0.6 is 0 Å². The molecule has 1 saturated carbocycles. The molecule has 1 N–H and O–H groups in total. The molecular formula is C10H17FO3. The zero-order valence-electron chi connectivity index (χ0n) is 8.46. The van der Waals surface area contributed by atoms with Crippen molar-refractivity contribution in [2.24, 2.45) is 5.92 Å². The molecule has 14 heavy (non-hydrogen) atoms. The van der Waals surface area contributed by atoms with Crippen molar-refractivity contribution in [2.75, 3.05) is 13.2 Å². The SMILES string of the molecule is CCOC(=O)C1CCC(F)(CO)CC1. The average Bonchev–Trinajstić information content (AvgIpc) is 2.19. The summed E-state index contributed by atoms with van der Waals surface area (Å²) >= 11 is 0. The smallest absolute Gasteiger partial charge is 0.308 e. The summed E-state index contributed by atoms with van der Waals surface area (Å²) in [6, 6.07) is 0. The molecule has 0 aromatic carbocycles. The third kappa shape index (κ3) is 2.67. The van der Waals surface area contributed by atoms with Crippen molar-refractivity contribution < 1.29 is 19.0 Å². The Labute approximate surface area is 83.3 Å². The molecule has 0 spiro atoms. The zero-order valence-corrected chi connectivity index (χ0v) is 8.46. The first kappa shape index (κ1) is 11.4. The molecule has 0 bridgehead atoms. The van der Waals surface area contributed by atoms with E-state index in [1.807, 2.05) is 0 Å². The number of hydrogen-bond donors (Lipinski definition) is 1. The molecule has 0 atom stereocenters. The summed E-state index contributed by atoms with van der Waals surface area (Å²) in [6.45, 7) is 1.69. The summed E-state index contributed by atoms with van der Waals surface area (Å²) in [4.78, 5) is 11.3. The van der Waals surface area contributed by atoms with Gasteiger partial charge < -0.3 is 9.84 Å². The van der Waals surface area contributed by atoms with Gasteiger partial charge in [0.1, 0.15) is 5.67 Å². The number of rotatable bonds is 3. The fourth-order valence-corrected chi connectivity index (χ4v) is 1.79. The van der Waals surface area contributed by atoms with Gasteiger partial charge in [0.2, 0.25) is 0 Å². The van der Waals surface area contributed by atoms with Gasteiger partial charge in [0, 0.05) is 0 Å². The molecule has 0 unspecified atom stereocenters. The summed E-state index contributed by atoms with van der Waals surface area (Å²) in [5.74, 6) is -0.405. The lowest BCUT2D eigenvalue weighted by Gasteiger charge is -2.31. The van der Waals surface area contributed by atoms with Crippen molar-refractivity contribution >= 4 is 5.97 Å². The van der Waals surface area contributed by atoms with Crippen LogP contribution < -0.4 is 0 Å². The third-order valence-corrected chi connectivity index (χ3v) is 2.78. The van der Waals surface area contributed by atoms with E-state index >= 15 is 0 Å². The molecule has 1 rings (SSSR count). The molecule has 1 aliphatic rings. The van der Waals surface area contributed by atoms with Crippen LogP contribution in [0.25, 0.3) is 0 Å². The highest BCUT2D eigenvalue weighted by Gasteiger charge is 2.37. The Bertz CT molecular complexity index is 198. The van der Waals surface area contributed by atoms with E-state index in [4.69, 9.17) is 9.84 Å². The van der Waals surface area contributed by atoms with Crippen LogP contribution in [0, 0.1) is 5.92 Å². The second-order valence-electron chi connectivity index (χ2n) is 3.84. The molecule has 0 aromatic heterocycles. The minimum absolute atomic E-state index is 0.176. The van der Waals surface area contributed by atoms with Crippen LogP contribution in [0.2, 0.25) is 0 Å². The first-order valence-corrected chi connectivity index (χ1v) is 5.08. The predicted octanol–water partition coefficient (Wildman–Crippen LogP) is 1.44. The fraction of sp³-hybridized carbons (Fsp3) is 0.900. The monoisotopic (exact) mass is 204 g/mol. The molecule has 4 heteroatoms. The van der Waals surface area contributed by atoms with Crippen molar-refractivity contribution in [3.8, 4) is 0 Å². The number of carbonyl (C=O) groups excluding carboxylic acids is 1. The van der Waals surface area contributed by atoms with Gasteiger partial charge in [-0.1, -0.05) is 0 Å². The normalized spacial score (nSPS) is 32.6. The largest absolute Gasteiger partial charge is 0.466 e. The summed E-state index contributed by atoms with van der Waals surface area (Å²) in [7, 11) is 0. The highest BCUT2D eigenvalue weighted by molar-refractivity contribution is 5.72. The molecule has 0 radical (unpaired) electrons. The average molecular weight is 204 g/mol. The fourth-order valence-electron chi connectivity index (χ4n) is 1.79. The molecule has 0 amide bonds. The number of alkyl halides is 1. The summed E-state index contributed by atoms with van der Waals surface area (Å²) < 4.78 is 18.4. The van der Waals surface area contributed by atoms with Crippen molar-refractivity contribution in [3.63, 3.8) is 0 Å². The standard InChI is InChI=1S/C10H17FO3/c1-2-14-9(13)8-3-5-10(11,7-12)6-4-8/h8,12H,2-7H2,1H3. The van der Waals surface area contributed by atoms with Gasteiger partial charge >= 0.3 is 5.97 Å². The van der Waals surface area contributed by atoms with Crippen molar-refractivity contribution in [2.45, 2.75) is 38.3 Å². The number of esters is 1. The zero-order chi connectivity index (χ0) is 10.6. The Morgan fingerprint density at radius 1 is 1.57 bits per heavy atom. The topological polar surface area (TPSA) is 46.5 Å². The Morgan fingerprint density at radius 3 is 2.57 bits per heavy atom. The number of hydrogen-bond acceptors (Lipinski definition) is 3. The lowest BCUT2D eigenvalue weighted by Crippen LogP contribution is -2.35. The number of carbonyl (C=O) groups is 1. The molecule has 1 aliphatic carbocycles. The van der Waals surface area contributed by atoms with E-state index in [2.05, 4.69) is 0 Å². The van der Waals surface area contributed by atoms with E-state index in [9.17, 15) is 9.18 Å². The summed E-state index contributed by atoms with van der Waals surface area (Å²) in [5, 5.41) is 8.79. The molecule has 0 saturated heterocycles. The quantitative estimate of drug-likeness (QED) is 0.707. The van der Waals surface area contributed by atoms with Gasteiger partial charge in [0.15, 0.2) is 0 Å². The number of aliphatic hydroxyl groups excluding tert-OH is 1. The minimum Gasteiger partial charge on any atom is -0.466 e. The molecule has 0 aromatic rings. The highest BCUT2D eigenvalue weighted by Crippen LogP contribution is 2.35. The van der Waals surface area contributed by atoms with Gasteiger partial charge in [-0.2, -0.15) is 0 Å². The lowest BCUT2D eigenvalue weighted by molar-refractivity contribution is -0.150. The Morgan fingerprint density at radius 2 is 2.14 bits per heavy atom. The number of aliphatic hydroxyl groups is 1. The molecule has 0 heterocycles. The van der Waals surface area contributed by atoms with Gasteiger partial charge in [-0.3, -0.25) is 4.79 Å². The number of ether oxygens (including phenoxy) is 1. The molecule has 1 fully saturated rings. The molecule has 82 valence electrons. The first-order valence-electron chi connectivity index (χ1n) is 5.08. The summed E-state index contributed by atoms with van der Waals surface area (Å²) in [5.41, 5.74) is -1.47. The van der Waals surface area contributed by atoms with Gasteiger partial charge in [0.05, 0.1) is 19.1 Å². The van der Waals surface area contributed by atoms with E-state index in [0.717, 1.165) is 0 Å². The predicted molar refractivity (Wildman–Crippen MR) is 49.5 cm³/mol. The van der Waals surface area contributed by atoms with Crippen LogP contribution in [-0.2, 0) is 9.53 Å². The van der Waals surface area contributed by atoms with Crippen LogP contribution in [0.15, 0.2) is 0 Å². The van der Waals surface area contributed by atoms with Gasteiger partial charge in [-0.05, 0) is 32.6 Å². The van der Waals surface area contributed by atoms with Gasteiger partial charge in [-0.15, -0.1) is 0 Å². The van der Waals surface area contributed by atoms with Crippen molar-refractivity contribution in [3.05, 3.63) is 0 Å². The van der Waals surface area contributed by atoms with Crippen LogP contribution in [0.1, 0.15) is 32.6 Å². The third-order valence-electron chi connectivity index (χ3n) is 2.78. The second kappa shape index (κ2) is 4.73. The first-order chi connectivity index (χ1) is 6.61. The Balaban J connectivity index is 2.39. The maximum absolute atomic E-state index is 13.5. The maximum Gasteiger partial charge on any atom is 0.308 e. The van der Waals surface area contributed by atoms with Crippen LogP contribution in [0.4, 0.5) is 4.39 Å². The molecular weight excluding hydrogens is 187 g/mol. The Kier molecular flexibility index (Phi) is 3.86. The van der Waals surface area contributed by atoms with Crippen LogP contribution in [0.3, 0.4) is 0 Å². The van der Waals surface area contributed by atoms with Crippen molar-refractivity contribution in [1.82, 2.24) is 0 Å². The molecule has 3 nitrogen and oxygen atoms in total. The highest BCUT2D eigenvalue weighted by atomic mass is 19.1. The lowest BCUT2D eigenvalue weighted by atomic mass is 9.80. The van der Waals surface area contributed by atoms with E-state index < -0.39 is 12.3 Å².